The van der Waals surface area contributed by atoms with Crippen molar-refractivity contribution in [2.75, 3.05) is 45.4 Å². The molecule has 0 unspecified atom stereocenters. The largest absolute Gasteiger partial charge is 0.478 e. The van der Waals surface area contributed by atoms with Gasteiger partial charge in [-0.15, -0.1) is 0 Å². The van der Waals surface area contributed by atoms with Crippen molar-refractivity contribution < 1.29 is 19.4 Å². The summed E-state index contributed by atoms with van der Waals surface area (Å²) < 4.78 is 10.8. The quantitative estimate of drug-likeness (QED) is 0.635. The van der Waals surface area contributed by atoms with Gasteiger partial charge in [-0.25, -0.2) is 14.8 Å². The molecule has 2 aromatic rings. The standard InChI is InChI=1S/C17H19BrClN3O4/c1-25-9-7-22(8-10-26-2)16-13(20-15(19)14(18)21-16)11-3-5-12(6-4-11)17(23)24/h3-6H,7-10H2,1-2H3,(H,23,24). The summed E-state index contributed by atoms with van der Waals surface area (Å²) in [6.45, 7) is 2.18. The number of methoxy groups -OCH3 is 2. The van der Waals surface area contributed by atoms with Crippen LogP contribution in [0.15, 0.2) is 28.9 Å². The maximum absolute atomic E-state index is 11.1. The fourth-order valence-corrected chi connectivity index (χ4v) is 2.68. The fourth-order valence-electron chi connectivity index (χ4n) is 2.30. The number of ether oxygens (including phenoxy) is 2. The van der Waals surface area contributed by atoms with Gasteiger partial charge in [-0.3, -0.25) is 0 Å². The topological polar surface area (TPSA) is 84.8 Å². The summed E-state index contributed by atoms with van der Waals surface area (Å²) in [4.78, 5) is 22.0. The van der Waals surface area contributed by atoms with Gasteiger partial charge >= 0.3 is 5.97 Å². The number of aromatic carboxylic acids is 1. The highest BCUT2D eigenvalue weighted by molar-refractivity contribution is 9.10. The SMILES string of the molecule is COCCN(CCOC)c1nc(Br)c(Cl)nc1-c1ccc(C(=O)O)cc1. The summed E-state index contributed by atoms with van der Waals surface area (Å²) in [5.74, 6) is -0.378. The Morgan fingerprint density at radius 2 is 1.73 bits per heavy atom. The van der Waals surface area contributed by atoms with E-state index in [9.17, 15) is 4.79 Å². The summed E-state index contributed by atoms with van der Waals surface area (Å²) in [6.07, 6.45) is 0. The Morgan fingerprint density at radius 1 is 1.15 bits per heavy atom. The lowest BCUT2D eigenvalue weighted by atomic mass is 10.1. The second-order valence-electron chi connectivity index (χ2n) is 5.33. The van der Waals surface area contributed by atoms with E-state index in [0.29, 0.717) is 48.0 Å². The molecule has 1 N–H and O–H groups in total. The maximum atomic E-state index is 11.1. The number of benzene rings is 1. The van der Waals surface area contributed by atoms with E-state index in [-0.39, 0.29) is 10.7 Å². The number of halogens is 2. The molecule has 0 saturated heterocycles. The van der Waals surface area contributed by atoms with Gasteiger partial charge in [-0.05, 0) is 28.1 Å². The molecule has 9 heteroatoms. The number of carbonyl (C=O) groups is 1. The van der Waals surface area contributed by atoms with Crippen molar-refractivity contribution >= 4 is 39.3 Å². The van der Waals surface area contributed by atoms with E-state index in [2.05, 4.69) is 25.9 Å². The number of carboxylic acids is 1. The Kier molecular flexibility index (Phi) is 7.77. The van der Waals surface area contributed by atoms with E-state index >= 15 is 0 Å². The van der Waals surface area contributed by atoms with Gasteiger partial charge in [-0.1, -0.05) is 23.7 Å². The lowest BCUT2D eigenvalue weighted by Gasteiger charge is -2.25. The van der Waals surface area contributed by atoms with Crippen LogP contribution >= 0.6 is 27.5 Å². The molecule has 1 heterocycles. The molecular formula is C17H19BrClN3O4. The first-order chi connectivity index (χ1) is 12.5. The van der Waals surface area contributed by atoms with E-state index in [1.54, 1.807) is 26.4 Å². The van der Waals surface area contributed by atoms with Crippen LogP contribution in [0.25, 0.3) is 11.3 Å². The minimum Gasteiger partial charge on any atom is -0.478 e. The summed E-state index contributed by atoms with van der Waals surface area (Å²) in [5, 5.41) is 9.30. The maximum Gasteiger partial charge on any atom is 0.335 e. The molecule has 2 rings (SSSR count). The first kappa shape index (κ1) is 20.6. The Balaban J connectivity index is 2.49. The molecule has 0 bridgehead atoms. The molecule has 1 aromatic carbocycles. The van der Waals surface area contributed by atoms with Crippen molar-refractivity contribution in [3.8, 4) is 11.3 Å². The van der Waals surface area contributed by atoms with Gasteiger partial charge in [0, 0.05) is 32.9 Å². The van der Waals surface area contributed by atoms with Crippen molar-refractivity contribution in [2.24, 2.45) is 0 Å². The van der Waals surface area contributed by atoms with Gasteiger partial charge in [0.05, 0.1) is 18.8 Å². The lowest BCUT2D eigenvalue weighted by Crippen LogP contribution is -2.32. The van der Waals surface area contributed by atoms with Crippen molar-refractivity contribution in [1.29, 1.82) is 0 Å². The Morgan fingerprint density at radius 3 is 2.23 bits per heavy atom. The molecule has 0 atom stereocenters. The average Bonchev–Trinajstić information content (AvgIpc) is 2.64. The summed E-state index contributed by atoms with van der Waals surface area (Å²) in [6, 6.07) is 6.42. The van der Waals surface area contributed by atoms with Gasteiger partial charge in [0.2, 0.25) is 0 Å². The number of hydrogen-bond acceptors (Lipinski definition) is 6. The highest BCUT2D eigenvalue weighted by Crippen LogP contribution is 2.32. The van der Waals surface area contributed by atoms with Gasteiger partial charge in [-0.2, -0.15) is 0 Å². The summed E-state index contributed by atoms with van der Waals surface area (Å²) >= 11 is 9.46. The Bertz CT molecular complexity index is 750. The highest BCUT2D eigenvalue weighted by Gasteiger charge is 2.19. The van der Waals surface area contributed by atoms with E-state index in [0.717, 1.165) is 0 Å². The third-order valence-electron chi connectivity index (χ3n) is 3.63. The molecule has 0 aliphatic heterocycles. The van der Waals surface area contributed by atoms with Crippen LogP contribution in [0, 0.1) is 0 Å². The fraction of sp³-hybridized carbons (Fsp3) is 0.353. The zero-order valence-corrected chi connectivity index (χ0v) is 16.7. The van der Waals surface area contributed by atoms with Crippen molar-refractivity contribution in [2.45, 2.75) is 0 Å². The molecule has 0 radical (unpaired) electrons. The number of aromatic nitrogens is 2. The zero-order valence-electron chi connectivity index (χ0n) is 14.4. The lowest BCUT2D eigenvalue weighted by molar-refractivity contribution is 0.0697. The second-order valence-corrected chi connectivity index (χ2v) is 6.44. The predicted octanol–water partition coefficient (Wildman–Crippen LogP) is 3.36. The number of nitrogens with zero attached hydrogens (tertiary/aromatic N) is 3. The third-order valence-corrected chi connectivity index (χ3v) is 4.68. The predicted molar refractivity (Wildman–Crippen MR) is 103 cm³/mol. The van der Waals surface area contributed by atoms with Gasteiger partial charge in [0.25, 0.3) is 0 Å². The van der Waals surface area contributed by atoms with Gasteiger partial charge in [0.1, 0.15) is 10.3 Å². The molecule has 0 amide bonds. The number of anilines is 1. The minimum absolute atomic E-state index is 0.196. The molecular weight excluding hydrogens is 426 g/mol. The monoisotopic (exact) mass is 443 g/mol. The second kappa shape index (κ2) is 9.82. The third kappa shape index (κ3) is 5.14. The van der Waals surface area contributed by atoms with E-state index < -0.39 is 5.97 Å². The summed E-state index contributed by atoms with van der Waals surface area (Å²) in [7, 11) is 3.26. The molecule has 140 valence electrons. The molecule has 7 nitrogen and oxygen atoms in total. The highest BCUT2D eigenvalue weighted by atomic mass is 79.9. The van der Waals surface area contributed by atoms with E-state index in [1.807, 2.05) is 4.90 Å². The number of hydrogen-bond donors (Lipinski definition) is 1. The average molecular weight is 445 g/mol. The van der Waals surface area contributed by atoms with E-state index in [1.165, 1.54) is 12.1 Å². The van der Waals surface area contributed by atoms with Crippen LogP contribution in [-0.2, 0) is 9.47 Å². The van der Waals surface area contributed by atoms with E-state index in [4.69, 9.17) is 26.2 Å². The van der Waals surface area contributed by atoms with Crippen LogP contribution in [-0.4, -0.2) is 61.6 Å². The molecule has 26 heavy (non-hydrogen) atoms. The minimum atomic E-state index is -0.987. The number of rotatable bonds is 9. The zero-order chi connectivity index (χ0) is 19.1. The van der Waals surface area contributed by atoms with Crippen molar-refractivity contribution in [3.63, 3.8) is 0 Å². The van der Waals surface area contributed by atoms with Crippen LogP contribution in [0.5, 0.6) is 0 Å². The molecule has 0 aliphatic carbocycles. The van der Waals surface area contributed by atoms with Crippen LogP contribution in [0.3, 0.4) is 0 Å². The van der Waals surface area contributed by atoms with Crippen LogP contribution < -0.4 is 4.90 Å². The smallest absolute Gasteiger partial charge is 0.335 e. The Labute approximate surface area is 165 Å². The number of carboxylic acid groups (broad SMARTS) is 1. The molecule has 0 spiro atoms. The first-order valence-corrected chi connectivity index (χ1v) is 8.94. The molecule has 0 saturated carbocycles. The van der Waals surface area contributed by atoms with Crippen LogP contribution in [0.4, 0.5) is 5.82 Å². The molecule has 1 aromatic heterocycles. The van der Waals surface area contributed by atoms with Crippen molar-refractivity contribution in [1.82, 2.24) is 9.97 Å². The molecule has 0 aliphatic rings. The first-order valence-electron chi connectivity index (χ1n) is 7.77. The Hall–Kier alpha value is -1.74. The van der Waals surface area contributed by atoms with Crippen molar-refractivity contribution in [3.05, 3.63) is 39.6 Å². The van der Waals surface area contributed by atoms with Gasteiger partial charge < -0.3 is 19.5 Å². The normalized spacial score (nSPS) is 10.8. The summed E-state index contributed by atoms with van der Waals surface area (Å²) in [5.41, 5.74) is 1.47. The van der Waals surface area contributed by atoms with Crippen LogP contribution in [0.1, 0.15) is 10.4 Å². The molecule has 0 fully saturated rings. The van der Waals surface area contributed by atoms with Gasteiger partial charge in [0.15, 0.2) is 11.0 Å². The van der Waals surface area contributed by atoms with Crippen LogP contribution in [0.2, 0.25) is 5.15 Å².